The minimum Gasteiger partial charge on any atom is -0.494 e. The van der Waals surface area contributed by atoms with Gasteiger partial charge in [-0.05, 0) is 56.3 Å². The van der Waals surface area contributed by atoms with Gasteiger partial charge in [0.1, 0.15) is 5.75 Å². The quantitative estimate of drug-likeness (QED) is 0.772. The van der Waals surface area contributed by atoms with Crippen molar-refractivity contribution in [2.24, 2.45) is 0 Å². The normalized spacial score (nSPS) is 23.3. The number of hydrogen-bond acceptors (Lipinski definition) is 2. The Bertz CT molecular complexity index is 391. The molecule has 2 unspecified atom stereocenters. The maximum absolute atomic E-state index is 5.66. The van der Waals surface area contributed by atoms with Gasteiger partial charge in [-0.15, -0.1) is 0 Å². The van der Waals surface area contributed by atoms with Crippen LogP contribution in [0.25, 0.3) is 0 Å². The van der Waals surface area contributed by atoms with Crippen LogP contribution in [0.15, 0.2) is 24.3 Å². The molecule has 2 nitrogen and oxygen atoms in total. The summed E-state index contributed by atoms with van der Waals surface area (Å²) >= 11 is 0. The summed E-state index contributed by atoms with van der Waals surface area (Å²) in [7, 11) is 0. The van der Waals surface area contributed by atoms with Gasteiger partial charge in [0, 0.05) is 6.04 Å². The molecule has 2 rings (SSSR count). The van der Waals surface area contributed by atoms with Crippen LogP contribution >= 0.6 is 0 Å². The third-order valence-corrected chi connectivity index (χ3v) is 4.27. The van der Waals surface area contributed by atoms with Crippen LogP contribution in [0.1, 0.15) is 63.9 Å². The standard InChI is InChI=1S/C18H29NO/c1-3-13-19-18-12-7-5-6-11-17(18)15-9-8-10-16(14-15)20-4-2/h8-10,14,17-19H,3-7,11-13H2,1-2H3. The molecular weight excluding hydrogens is 246 g/mol. The Morgan fingerprint density at radius 1 is 1.15 bits per heavy atom. The zero-order valence-electron chi connectivity index (χ0n) is 13.0. The first-order chi connectivity index (χ1) is 9.85. The van der Waals surface area contributed by atoms with Crippen molar-refractivity contribution in [1.29, 1.82) is 0 Å². The molecule has 0 aromatic heterocycles. The molecule has 0 radical (unpaired) electrons. The maximum Gasteiger partial charge on any atom is 0.119 e. The van der Waals surface area contributed by atoms with Crippen molar-refractivity contribution < 1.29 is 4.74 Å². The molecule has 1 aliphatic carbocycles. The van der Waals surface area contributed by atoms with E-state index in [9.17, 15) is 0 Å². The lowest BCUT2D eigenvalue weighted by Crippen LogP contribution is -2.34. The van der Waals surface area contributed by atoms with E-state index < -0.39 is 0 Å². The summed E-state index contributed by atoms with van der Waals surface area (Å²) in [6, 6.07) is 9.37. The van der Waals surface area contributed by atoms with E-state index >= 15 is 0 Å². The molecule has 1 fully saturated rings. The van der Waals surface area contributed by atoms with Crippen LogP contribution in [-0.2, 0) is 0 Å². The Labute approximate surface area is 123 Å². The number of rotatable bonds is 6. The third-order valence-electron chi connectivity index (χ3n) is 4.27. The van der Waals surface area contributed by atoms with E-state index in [4.69, 9.17) is 4.74 Å². The summed E-state index contributed by atoms with van der Waals surface area (Å²) in [6.07, 6.45) is 7.92. The number of nitrogens with one attached hydrogen (secondary N) is 1. The summed E-state index contributed by atoms with van der Waals surface area (Å²) in [6.45, 7) is 6.16. The first-order valence-electron chi connectivity index (χ1n) is 8.31. The highest BCUT2D eigenvalue weighted by Crippen LogP contribution is 2.33. The smallest absolute Gasteiger partial charge is 0.119 e. The van der Waals surface area contributed by atoms with Gasteiger partial charge in [-0.2, -0.15) is 0 Å². The molecule has 1 aromatic carbocycles. The highest BCUT2D eigenvalue weighted by atomic mass is 16.5. The van der Waals surface area contributed by atoms with Gasteiger partial charge in [-0.3, -0.25) is 0 Å². The number of benzene rings is 1. The van der Waals surface area contributed by atoms with Crippen LogP contribution in [0, 0.1) is 0 Å². The van der Waals surface area contributed by atoms with Crippen LogP contribution in [0.5, 0.6) is 5.75 Å². The molecule has 112 valence electrons. The average Bonchev–Trinajstić information content (AvgIpc) is 2.71. The minimum absolute atomic E-state index is 0.634. The average molecular weight is 275 g/mol. The summed E-state index contributed by atoms with van der Waals surface area (Å²) < 4.78 is 5.66. The Morgan fingerprint density at radius 3 is 2.80 bits per heavy atom. The fraction of sp³-hybridized carbons (Fsp3) is 0.667. The molecule has 0 bridgehead atoms. The predicted molar refractivity (Wildman–Crippen MR) is 85.5 cm³/mol. The van der Waals surface area contributed by atoms with Gasteiger partial charge in [-0.1, -0.05) is 38.3 Å². The van der Waals surface area contributed by atoms with Gasteiger partial charge < -0.3 is 10.1 Å². The maximum atomic E-state index is 5.66. The molecule has 0 amide bonds. The highest BCUT2D eigenvalue weighted by molar-refractivity contribution is 5.32. The molecule has 0 heterocycles. The van der Waals surface area contributed by atoms with Crippen molar-refractivity contribution in [3.63, 3.8) is 0 Å². The van der Waals surface area contributed by atoms with Gasteiger partial charge in [0.05, 0.1) is 6.61 Å². The predicted octanol–water partition coefficient (Wildman–Crippen LogP) is 4.50. The largest absolute Gasteiger partial charge is 0.494 e. The van der Waals surface area contributed by atoms with E-state index in [0.29, 0.717) is 12.0 Å². The number of hydrogen-bond donors (Lipinski definition) is 1. The molecule has 0 aliphatic heterocycles. The van der Waals surface area contributed by atoms with Crippen LogP contribution < -0.4 is 10.1 Å². The van der Waals surface area contributed by atoms with Crippen LogP contribution in [0.4, 0.5) is 0 Å². The first kappa shape index (κ1) is 15.4. The first-order valence-corrected chi connectivity index (χ1v) is 8.31. The SMILES string of the molecule is CCCNC1CCCCCC1c1cccc(OCC)c1. The molecule has 1 aliphatic rings. The van der Waals surface area contributed by atoms with Crippen molar-refractivity contribution >= 4 is 0 Å². The molecule has 0 spiro atoms. The fourth-order valence-electron chi connectivity index (χ4n) is 3.28. The van der Waals surface area contributed by atoms with Gasteiger partial charge in [-0.25, -0.2) is 0 Å². The lowest BCUT2D eigenvalue weighted by atomic mass is 9.87. The van der Waals surface area contributed by atoms with Crippen molar-refractivity contribution in [2.45, 2.75) is 64.3 Å². The van der Waals surface area contributed by atoms with E-state index in [1.807, 2.05) is 6.92 Å². The Kier molecular flexibility index (Phi) is 6.38. The van der Waals surface area contributed by atoms with Crippen molar-refractivity contribution in [3.8, 4) is 5.75 Å². The molecule has 2 atom stereocenters. The Morgan fingerprint density at radius 2 is 2.00 bits per heavy atom. The van der Waals surface area contributed by atoms with Crippen LogP contribution in [0.2, 0.25) is 0 Å². The molecule has 20 heavy (non-hydrogen) atoms. The van der Waals surface area contributed by atoms with Crippen molar-refractivity contribution in [3.05, 3.63) is 29.8 Å². The van der Waals surface area contributed by atoms with Gasteiger partial charge in [0.2, 0.25) is 0 Å². The second-order valence-electron chi connectivity index (χ2n) is 5.81. The highest BCUT2D eigenvalue weighted by Gasteiger charge is 2.24. The molecule has 2 heteroatoms. The molecule has 0 saturated heterocycles. The second-order valence-corrected chi connectivity index (χ2v) is 5.81. The molecule has 1 N–H and O–H groups in total. The van der Waals surface area contributed by atoms with Crippen LogP contribution in [0.3, 0.4) is 0 Å². The summed E-state index contributed by atoms with van der Waals surface area (Å²) in [5.41, 5.74) is 1.45. The summed E-state index contributed by atoms with van der Waals surface area (Å²) in [4.78, 5) is 0. The monoisotopic (exact) mass is 275 g/mol. The summed E-state index contributed by atoms with van der Waals surface area (Å²) in [5, 5.41) is 3.77. The Hall–Kier alpha value is -1.02. The van der Waals surface area contributed by atoms with Crippen molar-refractivity contribution in [2.75, 3.05) is 13.2 Å². The van der Waals surface area contributed by atoms with Gasteiger partial charge in [0.15, 0.2) is 0 Å². The van der Waals surface area contributed by atoms with Crippen molar-refractivity contribution in [1.82, 2.24) is 5.32 Å². The zero-order valence-corrected chi connectivity index (χ0v) is 13.0. The third kappa shape index (κ3) is 4.24. The molecule has 1 saturated carbocycles. The van der Waals surface area contributed by atoms with E-state index in [-0.39, 0.29) is 0 Å². The van der Waals surface area contributed by atoms with Gasteiger partial charge >= 0.3 is 0 Å². The topological polar surface area (TPSA) is 21.3 Å². The van der Waals surface area contributed by atoms with E-state index in [1.165, 1.54) is 44.1 Å². The van der Waals surface area contributed by atoms with Crippen LogP contribution in [-0.4, -0.2) is 19.2 Å². The number of ether oxygens (including phenoxy) is 1. The molecular formula is C18H29NO. The Balaban J connectivity index is 2.14. The zero-order chi connectivity index (χ0) is 14.2. The minimum atomic E-state index is 0.634. The van der Waals surface area contributed by atoms with E-state index in [1.54, 1.807) is 0 Å². The summed E-state index contributed by atoms with van der Waals surface area (Å²) in [5.74, 6) is 1.66. The van der Waals surface area contributed by atoms with E-state index in [0.717, 1.165) is 18.9 Å². The van der Waals surface area contributed by atoms with E-state index in [2.05, 4.69) is 36.5 Å². The fourth-order valence-corrected chi connectivity index (χ4v) is 3.28. The van der Waals surface area contributed by atoms with Gasteiger partial charge in [0.25, 0.3) is 0 Å². The lowest BCUT2D eigenvalue weighted by Gasteiger charge is -2.27. The second kappa shape index (κ2) is 8.31. The molecule has 1 aromatic rings. The lowest BCUT2D eigenvalue weighted by molar-refractivity contribution is 0.338.